The maximum atomic E-state index is 13.1. The zero-order valence-corrected chi connectivity index (χ0v) is 17.8. The minimum absolute atomic E-state index is 0.0161. The van der Waals surface area contributed by atoms with Crippen molar-refractivity contribution < 1.29 is 9.63 Å². The van der Waals surface area contributed by atoms with Crippen molar-refractivity contribution in [3.63, 3.8) is 0 Å². The molecule has 1 atom stereocenters. The molecule has 2 fully saturated rings. The molecule has 1 aliphatic carbocycles. The van der Waals surface area contributed by atoms with E-state index in [0.29, 0.717) is 12.5 Å². The molecule has 1 saturated carbocycles. The van der Waals surface area contributed by atoms with E-state index in [1.165, 1.54) is 11.1 Å². The maximum absolute atomic E-state index is 13.1. The summed E-state index contributed by atoms with van der Waals surface area (Å²) < 4.78 is 0. The molecule has 3 heterocycles. The summed E-state index contributed by atoms with van der Waals surface area (Å²) in [4.78, 5) is 27.8. The molecule has 150 valence electrons. The van der Waals surface area contributed by atoms with E-state index in [9.17, 15) is 4.79 Å². The number of amides is 1. The number of aryl methyl sites for hydroxylation is 3. The van der Waals surface area contributed by atoms with Crippen molar-refractivity contribution in [3.05, 3.63) is 45.2 Å². The molecule has 2 aromatic heterocycles. The summed E-state index contributed by atoms with van der Waals surface area (Å²) in [6.45, 7) is 6.79. The van der Waals surface area contributed by atoms with Crippen LogP contribution in [0.1, 0.15) is 65.7 Å². The van der Waals surface area contributed by atoms with E-state index in [-0.39, 0.29) is 17.9 Å². The summed E-state index contributed by atoms with van der Waals surface area (Å²) in [5.41, 5.74) is 4.74. The van der Waals surface area contributed by atoms with Crippen LogP contribution in [0.2, 0.25) is 0 Å². The predicted octanol–water partition coefficient (Wildman–Crippen LogP) is 4.72. The lowest BCUT2D eigenvalue weighted by Gasteiger charge is -2.31. The molecule has 5 nitrogen and oxygen atoms in total. The fraction of sp³-hybridized carbons (Fsp3) is 0.591. The minimum Gasteiger partial charge on any atom is -0.272 e. The van der Waals surface area contributed by atoms with E-state index in [2.05, 4.69) is 35.3 Å². The van der Waals surface area contributed by atoms with Gasteiger partial charge < -0.3 is 0 Å². The zero-order valence-electron chi connectivity index (χ0n) is 17.0. The first-order valence-electron chi connectivity index (χ1n) is 10.3. The Morgan fingerprint density at radius 1 is 1.21 bits per heavy atom. The van der Waals surface area contributed by atoms with Gasteiger partial charge >= 0.3 is 0 Å². The number of pyridine rings is 1. The molecule has 1 aliphatic heterocycles. The van der Waals surface area contributed by atoms with Gasteiger partial charge in [0.25, 0.3) is 0 Å². The third-order valence-electron chi connectivity index (χ3n) is 6.16. The number of carbonyl (C=O) groups is 1. The Hall–Kier alpha value is -1.79. The van der Waals surface area contributed by atoms with Gasteiger partial charge in [0.2, 0.25) is 5.91 Å². The molecule has 0 bridgehead atoms. The van der Waals surface area contributed by atoms with Crippen LogP contribution >= 0.6 is 11.3 Å². The summed E-state index contributed by atoms with van der Waals surface area (Å²) in [5, 5.41) is 4.73. The van der Waals surface area contributed by atoms with Crippen LogP contribution < -0.4 is 0 Å². The van der Waals surface area contributed by atoms with Crippen molar-refractivity contribution in [2.24, 2.45) is 11.8 Å². The Labute approximate surface area is 171 Å². The van der Waals surface area contributed by atoms with Gasteiger partial charge in [0.05, 0.1) is 17.3 Å². The van der Waals surface area contributed by atoms with E-state index in [1.54, 1.807) is 16.4 Å². The average molecular weight is 400 g/mol. The molecular formula is C22H29N3O2S. The molecule has 0 unspecified atom stereocenters. The van der Waals surface area contributed by atoms with Gasteiger partial charge in [-0.05, 0) is 76.0 Å². The van der Waals surface area contributed by atoms with Gasteiger partial charge in [0, 0.05) is 29.6 Å². The quantitative estimate of drug-likeness (QED) is 0.747. The van der Waals surface area contributed by atoms with E-state index in [0.717, 1.165) is 54.9 Å². The molecule has 2 aromatic rings. The van der Waals surface area contributed by atoms with Gasteiger partial charge in [-0.2, -0.15) is 0 Å². The number of nitrogens with zero attached hydrogens (tertiary/aromatic N) is 3. The lowest BCUT2D eigenvalue weighted by molar-refractivity contribution is -0.183. The highest BCUT2D eigenvalue weighted by molar-refractivity contribution is 7.09. The standard InChI is InChI=1S/C22H29N3O2S/c1-14-12-23-15(2)10-19(14)11-17-4-6-18(7-5-17)22(26)25-21(8-9-27-25)20-13-28-16(3)24-20/h10,12-13,17-18,21H,4-9,11H2,1-3H3/t17-,18-,21-/m0/s1. The van der Waals surface area contributed by atoms with E-state index in [1.807, 2.05) is 13.1 Å². The van der Waals surface area contributed by atoms with Crippen molar-refractivity contribution >= 4 is 17.2 Å². The maximum Gasteiger partial charge on any atom is 0.249 e. The monoisotopic (exact) mass is 399 g/mol. The Bertz CT molecular complexity index is 842. The largest absolute Gasteiger partial charge is 0.272 e. The van der Waals surface area contributed by atoms with Crippen molar-refractivity contribution in [3.8, 4) is 0 Å². The van der Waals surface area contributed by atoms with E-state index >= 15 is 0 Å². The molecule has 2 aliphatic rings. The molecule has 0 radical (unpaired) electrons. The second-order valence-electron chi connectivity index (χ2n) is 8.27. The normalized spacial score (nSPS) is 25.2. The second kappa shape index (κ2) is 8.29. The van der Waals surface area contributed by atoms with E-state index < -0.39 is 0 Å². The molecule has 4 rings (SSSR count). The number of aromatic nitrogens is 2. The number of hydrogen-bond acceptors (Lipinski definition) is 5. The minimum atomic E-state index is -0.0161. The smallest absolute Gasteiger partial charge is 0.249 e. The molecule has 28 heavy (non-hydrogen) atoms. The van der Waals surface area contributed by atoms with Crippen LogP contribution in [0.3, 0.4) is 0 Å². The Balaban J connectivity index is 1.35. The molecule has 0 spiro atoms. The van der Waals surface area contributed by atoms with Gasteiger partial charge in [-0.15, -0.1) is 11.3 Å². The fourth-order valence-corrected chi connectivity index (χ4v) is 5.16. The molecule has 0 N–H and O–H groups in total. The number of hydrogen-bond donors (Lipinski definition) is 0. The summed E-state index contributed by atoms with van der Waals surface area (Å²) in [6.07, 6.45) is 8.02. The highest BCUT2D eigenvalue weighted by Crippen LogP contribution is 2.37. The summed E-state index contributed by atoms with van der Waals surface area (Å²) in [7, 11) is 0. The Kier molecular flexibility index (Phi) is 5.78. The first kappa shape index (κ1) is 19.5. The van der Waals surface area contributed by atoms with Gasteiger partial charge in [-0.3, -0.25) is 14.6 Å². The number of hydroxylamine groups is 2. The summed E-state index contributed by atoms with van der Waals surface area (Å²) >= 11 is 1.63. The Morgan fingerprint density at radius 2 is 2.00 bits per heavy atom. The topological polar surface area (TPSA) is 55.3 Å². The number of carbonyl (C=O) groups excluding carboxylic acids is 1. The van der Waals surface area contributed by atoms with Crippen molar-refractivity contribution in [1.29, 1.82) is 0 Å². The zero-order chi connectivity index (χ0) is 19.7. The van der Waals surface area contributed by atoms with Crippen LogP contribution in [-0.2, 0) is 16.1 Å². The number of thiazole rings is 1. The third-order valence-corrected chi connectivity index (χ3v) is 6.95. The van der Waals surface area contributed by atoms with Gasteiger partial charge in [0.1, 0.15) is 6.04 Å². The van der Waals surface area contributed by atoms with Gasteiger partial charge in [0.15, 0.2) is 0 Å². The van der Waals surface area contributed by atoms with Crippen molar-refractivity contribution in [2.45, 2.75) is 65.3 Å². The lowest BCUT2D eigenvalue weighted by Crippen LogP contribution is -2.37. The SMILES string of the molecule is Cc1cc(C[C@H]2CC[C@H](C(=O)N3OCC[C@H]3c3csc(C)n3)CC2)c(C)cn1. The molecular weight excluding hydrogens is 370 g/mol. The van der Waals surface area contributed by atoms with Crippen LogP contribution in [0.25, 0.3) is 0 Å². The third kappa shape index (κ3) is 4.13. The highest BCUT2D eigenvalue weighted by Gasteiger charge is 2.38. The van der Waals surface area contributed by atoms with Crippen LogP contribution in [0, 0.1) is 32.6 Å². The predicted molar refractivity (Wildman–Crippen MR) is 110 cm³/mol. The van der Waals surface area contributed by atoms with Crippen LogP contribution in [0.5, 0.6) is 0 Å². The lowest BCUT2D eigenvalue weighted by atomic mass is 9.78. The summed E-state index contributed by atoms with van der Waals surface area (Å²) in [5.74, 6) is 0.889. The molecule has 6 heteroatoms. The van der Waals surface area contributed by atoms with Crippen LogP contribution in [0.4, 0.5) is 0 Å². The Morgan fingerprint density at radius 3 is 2.71 bits per heavy atom. The molecule has 1 saturated heterocycles. The average Bonchev–Trinajstić information content (AvgIpc) is 3.33. The fourth-order valence-electron chi connectivity index (χ4n) is 4.50. The van der Waals surface area contributed by atoms with Gasteiger partial charge in [-0.1, -0.05) is 0 Å². The first-order chi connectivity index (χ1) is 13.5. The van der Waals surface area contributed by atoms with Gasteiger partial charge in [-0.25, -0.2) is 10.0 Å². The second-order valence-corrected chi connectivity index (χ2v) is 9.33. The highest BCUT2D eigenvalue weighted by atomic mass is 32.1. The van der Waals surface area contributed by atoms with Crippen molar-refractivity contribution in [1.82, 2.24) is 15.0 Å². The van der Waals surface area contributed by atoms with E-state index in [4.69, 9.17) is 4.84 Å². The first-order valence-corrected chi connectivity index (χ1v) is 11.2. The number of rotatable bonds is 4. The van der Waals surface area contributed by atoms with Crippen LogP contribution in [0.15, 0.2) is 17.6 Å². The molecule has 1 amide bonds. The summed E-state index contributed by atoms with van der Waals surface area (Å²) in [6, 6.07) is 2.20. The van der Waals surface area contributed by atoms with Crippen molar-refractivity contribution in [2.75, 3.05) is 6.61 Å². The van der Waals surface area contributed by atoms with Crippen LogP contribution in [-0.4, -0.2) is 27.5 Å². The molecule has 0 aromatic carbocycles.